The van der Waals surface area contributed by atoms with Crippen LogP contribution >= 0.6 is 0 Å². The largest absolute Gasteiger partial charge is 0.306 e. The molecule has 0 atom stereocenters. The second kappa shape index (κ2) is 8.73. The number of nitrogens with one attached hydrogen (secondary N) is 1. The summed E-state index contributed by atoms with van der Waals surface area (Å²) < 4.78 is 27.2. The Bertz CT molecular complexity index is 876. The molecule has 0 bridgehead atoms. The lowest BCUT2D eigenvalue weighted by Crippen LogP contribution is -2.37. The molecule has 1 aliphatic heterocycles. The molecule has 1 fully saturated rings. The summed E-state index contributed by atoms with van der Waals surface area (Å²) >= 11 is 0. The van der Waals surface area contributed by atoms with Crippen molar-refractivity contribution in [2.24, 2.45) is 5.92 Å². The number of sulfonamides is 1. The molecule has 1 N–H and O–H groups in total. The van der Waals surface area contributed by atoms with Crippen molar-refractivity contribution in [3.63, 3.8) is 0 Å². The van der Waals surface area contributed by atoms with E-state index >= 15 is 0 Å². The molecule has 0 aliphatic carbocycles. The molecule has 1 aromatic carbocycles. The zero-order valence-electron chi connectivity index (χ0n) is 15.5. The van der Waals surface area contributed by atoms with Gasteiger partial charge in [-0.2, -0.15) is 4.31 Å². The quantitative estimate of drug-likeness (QED) is 0.739. The van der Waals surface area contributed by atoms with Crippen molar-refractivity contribution < 1.29 is 13.2 Å². The molecular weight excluding hydrogens is 362 g/mol. The van der Waals surface area contributed by atoms with Crippen LogP contribution in [0.4, 0.5) is 0 Å². The van der Waals surface area contributed by atoms with Gasteiger partial charge in [0.05, 0.1) is 11.4 Å². The van der Waals surface area contributed by atoms with E-state index in [1.165, 1.54) is 10.4 Å². The van der Waals surface area contributed by atoms with Gasteiger partial charge in [-0.05, 0) is 48.6 Å². The smallest absolute Gasteiger partial charge is 0.243 e. The first-order chi connectivity index (χ1) is 13.0. The maximum absolute atomic E-state index is 12.9. The fraction of sp³-hybridized carbons (Fsp3) is 0.400. The zero-order chi connectivity index (χ0) is 19.3. The lowest BCUT2D eigenvalue weighted by molar-refractivity contribution is 0.0990. The van der Waals surface area contributed by atoms with Crippen molar-refractivity contribution in [3.8, 4) is 0 Å². The predicted molar refractivity (Wildman–Crippen MR) is 104 cm³/mol. The zero-order valence-corrected chi connectivity index (χ0v) is 16.3. The number of rotatable bonds is 7. The molecule has 2 heterocycles. The lowest BCUT2D eigenvalue weighted by Gasteiger charge is -2.29. The highest BCUT2D eigenvalue weighted by Crippen LogP contribution is 2.24. The molecule has 0 saturated carbocycles. The van der Waals surface area contributed by atoms with E-state index in [-0.39, 0.29) is 17.2 Å². The molecule has 3 rings (SSSR count). The molecule has 27 heavy (non-hydrogen) atoms. The Kier molecular flexibility index (Phi) is 6.36. The monoisotopic (exact) mass is 387 g/mol. The number of aromatic nitrogens is 1. The summed E-state index contributed by atoms with van der Waals surface area (Å²) in [4.78, 5) is 16.6. The van der Waals surface area contributed by atoms with Gasteiger partial charge in [-0.15, -0.1) is 0 Å². The van der Waals surface area contributed by atoms with E-state index in [9.17, 15) is 13.2 Å². The molecular formula is C20H25N3O3S. The van der Waals surface area contributed by atoms with E-state index in [1.54, 1.807) is 30.6 Å². The number of Topliss-reactive ketones (excluding diaryl/α,β-unsaturated/α-hetero) is 1. The van der Waals surface area contributed by atoms with E-state index in [1.807, 2.05) is 12.1 Å². The van der Waals surface area contributed by atoms with Crippen molar-refractivity contribution >= 4 is 15.8 Å². The lowest BCUT2D eigenvalue weighted by atomic mass is 10.0. The number of benzene rings is 1. The number of hydrogen-bond donors (Lipinski definition) is 1. The van der Waals surface area contributed by atoms with Gasteiger partial charge < -0.3 is 5.32 Å². The number of carbonyl (C=O) groups excluding carboxylic acids is 1. The summed E-state index contributed by atoms with van der Waals surface area (Å²) in [5.41, 5.74) is 1.44. The Balaban J connectivity index is 1.64. The molecule has 0 amide bonds. The fourth-order valence-corrected chi connectivity index (χ4v) is 4.64. The highest BCUT2D eigenvalue weighted by atomic mass is 32.2. The Morgan fingerprint density at radius 1 is 1.19 bits per heavy atom. The average molecular weight is 388 g/mol. The van der Waals surface area contributed by atoms with E-state index < -0.39 is 10.0 Å². The Hall–Kier alpha value is -2.09. The van der Waals surface area contributed by atoms with Crippen LogP contribution in [-0.4, -0.2) is 43.1 Å². The number of piperidine rings is 1. The fourth-order valence-electron chi connectivity index (χ4n) is 3.13. The van der Waals surface area contributed by atoms with Crippen LogP contribution in [0, 0.1) is 5.92 Å². The molecule has 2 aromatic rings. The summed E-state index contributed by atoms with van der Waals surface area (Å²) in [6.45, 7) is 3.91. The van der Waals surface area contributed by atoms with Crippen LogP contribution in [0.5, 0.6) is 0 Å². The van der Waals surface area contributed by atoms with E-state index in [2.05, 4.69) is 17.2 Å². The third-order valence-corrected chi connectivity index (χ3v) is 6.80. The van der Waals surface area contributed by atoms with Gasteiger partial charge in [0.1, 0.15) is 0 Å². The first-order valence-electron chi connectivity index (χ1n) is 9.20. The highest BCUT2D eigenvalue weighted by Gasteiger charge is 2.28. The minimum Gasteiger partial charge on any atom is -0.306 e. The normalized spacial score (nSPS) is 16.3. The molecule has 1 saturated heterocycles. The third kappa shape index (κ3) is 5.00. The molecule has 7 heteroatoms. The Morgan fingerprint density at radius 2 is 1.89 bits per heavy atom. The van der Waals surface area contributed by atoms with Crippen LogP contribution in [-0.2, 0) is 16.6 Å². The van der Waals surface area contributed by atoms with E-state index in [0.29, 0.717) is 31.1 Å². The summed E-state index contributed by atoms with van der Waals surface area (Å²) in [5, 5.41) is 3.09. The number of pyridine rings is 1. The third-order valence-electron chi connectivity index (χ3n) is 4.90. The number of nitrogens with zero attached hydrogens (tertiary/aromatic N) is 2. The molecule has 1 aromatic heterocycles. The first kappa shape index (κ1) is 19.7. The van der Waals surface area contributed by atoms with Crippen LogP contribution in [0.3, 0.4) is 0 Å². The molecule has 0 spiro atoms. The van der Waals surface area contributed by atoms with Crippen molar-refractivity contribution in [2.75, 3.05) is 19.6 Å². The summed E-state index contributed by atoms with van der Waals surface area (Å²) in [6, 6.07) is 10.1. The van der Waals surface area contributed by atoms with Gasteiger partial charge in [-0.1, -0.05) is 19.1 Å². The van der Waals surface area contributed by atoms with Gasteiger partial charge in [0.2, 0.25) is 10.0 Å². The number of ketones is 1. The van der Waals surface area contributed by atoms with E-state index in [0.717, 1.165) is 18.4 Å². The standard InChI is InChI=1S/C20H25N3O3S/c1-16-7-11-23(12-8-16)27(25,26)19-4-2-3-18(13-19)20(24)15-22-14-17-5-9-21-10-6-17/h2-6,9-10,13,16,22H,7-8,11-12,14-15H2,1H3. The second-order valence-electron chi connectivity index (χ2n) is 7.00. The van der Waals surface area contributed by atoms with Gasteiger partial charge in [0.15, 0.2) is 5.78 Å². The summed E-state index contributed by atoms with van der Waals surface area (Å²) in [7, 11) is -3.55. The van der Waals surface area contributed by atoms with Crippen molar-refractivity contribution in [1.82, 2.24) is 14.6 Å². The summed E-state index contributed by atoms with van der Waals surface area (Å²) in [6.07, 6.45) is 5.15. The molecule has 6 nitrogen and oxygen atoms in total. The maximum Gasteiger partial charge on any atom is 0.243 e. The molecule has 0 radical (unpaired) electrons. The first-order valence-corrected chi connectivity index (χ1v) is 10.6. The topological polar surface area (TPSA) is 79.4 Å². The second-order valence-corrected chi connectivity index (χ2v) is 8.93. The molecule has 1 aliphatic rings. The molecule has 0 unspecified atom stereocenters. The Labute approximate surface area is 160 Å². The van der Waals surface area contributed by atoms with E-state index in [4.69, 9.17) is 0 Å². The number of hydrogen-bond acceptors (Lipinski definition) is 5. The van der Waals surface area contributed by atoms with Crippen molar-refractivity contribution in [1.29, 1.82) is 0 Å². The van der Waals surface area contributed by atoms with Crippen LogP contribution in [0.2, 0.25) is 0 Å². The van der Waals surface area contributed by atoms with Crippen LogP contribution in [0.15, 0.2) is 53.7 Å². The minimum absolute atomic E-state index is 0.131. The maximum atomic E-state index is 12.9. The Morgan fingerprint density at radius 3 is 2.59 bits per heavy atom. The van der Waals surface area contributed by atoms with Gasteiger partial charge in [-0.25, -0.2) is 8.42 Å². The van der Waals surface area contributed by atoms with Gasteiger partial charge in [0, 0.05) is 37.6 Å². The van der Waals surface area contributed by atoms with Crippen molar-refractivity contribution in [3.05, 3.63) is 59.9 Å². The van der Waals surface area contributed by atoms with Gasteiger partial charge in [-0.3, -0.25) is 9.78 Å². The summed E-state index contributed by atoms with van der Waals surface area (Å²) in [5.74, 6) is 0.421. The van der Waals surface area contributed by atoms with Gasteiger partial charge >= 0.3 is 0 Å². The average Bonchev–Trinajstić information content (AvgIpc) is 2.69. The molecule has 144 valence electrons. The minimum atomic E-state index is -3.55. The SMILES string of the molecule is CC1CCN(S(=O)(=O)c2cccc(C(=O)CNCc3ccncc3)c2)CC1. The van der Waals surface area contributed by atoms with Gasteiger partial charge in [0.25, 0.3) is 0 Å². The highest BCUT2D eigenvalue weighted by molar-refractivity contribution is 7.89. The van der Waals surface area contributed by atoms with Crippen LogP contribution in [0.25, 0.3) is 0 Å². The van der Waals surface area contributed by atoms with Crippen LogP contribution < -0.4 is 5.32 Å². The van der Waals surface area contributed by atoms with Crippen LogP contribution in [0.1, 0.15) is 35.7 Å². The number of carbonyl (C=O) groups is 1. The predicted octanol–water partition coefficient (Wildman–Crippen LogP) is 2.47. The van der Waals surface area contributed by atoms with Crippen molar-refractivity contribution in [2.45, 2.75) is 31.2 Å².